The fraction of sp³-hybridized carbons (Fsp3) is 0.261. The maximum absolute atomic E-state index is 12.5. The number of methoxy groups -OCH3 is 1. The van der Waals surface area contributed by atoms with Crippen molar-refractivity contribution in [2.24, 2.45) is 7.05 Å². The predicted octanol–water partition coefficient (Wildman–Crippen LogP) is 3.58. The van der Waals surface area contributed by atoms with Crippen molar-refractivity contribution in [2.75, 3.05) is 18.2 Å². The van der Waals surface area contributed by atoms with Crippen LogP contribution in [0.25, 0.3) is 10.2 Å². The van der Waals surface area contributed by atoms with Crippen LogP contribution in [0.3, 0.4) is 0 Å². The standard InChI is InChI=1S/C23H24N6O3S2/c1-14(24-19(30)12-15-8-10-16(32-3)11-9-15)21-27-28-23(29(21)2)33-13-20(31)26-22-25-17-6-4-5-7-18(17)34-22/h4-11,14H,12-13H2,1-3H3,(H,24,30)(H,25,26,31)/t14-/m1/s1. The molecule has 0 unspecified atom stereocenters. The number of hydrogen-bond acceptors (Lipinski definition) is 8. The van der Waals surface area contributed by atoms with Gasteiger partial charge in [0.15, 0.2) is 16.1 Å². The highest BCUT2D eigenvalue weighted by Gasteiger charge is 2.19. The van der Waals surface area contributed by atoms with E-state index in [9.17, 15) is 9.59 Å². The van der Waals surface area contributed by atoms with Gasteiger partial charge in [-0.1, -0.05) is 47.4 Å². The van der Waals surface area contributed by atoms with Crippen LogP contribution < -0.4 is 15.4 Å². The lowest BCUT2D eigenvalue weighted by molar-refractivity contribution is -0.121. The molecule has 0 aliphatic heterocycles. The van der Waals surface area contributed by atoms with E-state index in [0.717, 1.165) is 21.5 Å². The molecule has 4 aromatic rings. The molecule has 2 aromatic carbocycles. The number of hydrogen-bond donors (Lipinski definition) is 2. The molecular formula is C23H24N6O3S2. The van der Waals surface area contributed by atoms with Crippen molar-refractivity contribution in [1.29, 1.82) is 0 Å². The van der Waals surface area contributed by atoms with E-state index in [0.29, 0.717) is 16.1 Å². The van der Waals surface area contributed by atoms with E-state index in [4.69, 9.17) is 4.74 Å². The van der Waals surface area contributed by atoms with E-state index in [-0.39, 0.29) is 30.0 Å². The molecule has 4 rings (SSSR count). The van der Waals surface area contributed by atoms with Gasteiger partial charge >= 0.3 is 0 Å². The van der Waals surface area contributed by atoms with Crippen molar-refractivity contribution in [3.05, 3.63) is 59.9 Å². The molecule has 0 aliphatic carbocycles. The van der Waals surface area contributed by atoms with Crippen LogP contribution in [-0.4, -0.2) is 44.4 Å². The molecule has 0 radical (unpaired) electrons. The van der Waals surface area contributed by atoms with Crippen LogP contribution in [0.4, 0.5) is 5.13 Å². The molecule has 0 saturated heterocycles. The monoisotopic (exact) mass is 496 g/mol. The van der Waals surface area contributed by atoms with Gasteiger partial charge < -0.3 is 19.9 Å². The van der Waals surface area contributed by atoms with Crippen LogP contribution in [0.5, 0.6) is 5.75 Å². The Morgan fingerprint density at radius 1 is 1.12 bits per heavy atom. The van der Waals surface area contributed by atoms with Gasteiger partial charge in [0, 0.05) is 7.05 Å². The summed E-state index contributed by atoms with van der Waals surface area (Å²) in [4.78, 5) is 29.3. The maximum Gasteiger partial charge on any atom is 0.236 e. The summed E-state index contributed by atoms with van der Waals surface area (Å²) >= 11 is 2.71. The smallest absolute Gasteiger partial charge is 0.236 e. The van der Waals surface area contributed by atoms with Gasteiger partial charge in [-0.2, -0.15) is 0 Å². The molecule has 2 aromatic heterocycles. The van der Waals surface area contributed by atoms with Gasteiger partial charge in [-0.15, -0.1) is 10.2 Å². The van der Waals surface area contributed by atoms with Gasteiger partial charge in [-0.25, -0.2) is 4.98 Å². The number of carbonyl (C=O) groups excluding carboxylic acids is 2. The van der Waals surface area contributed by atoms with E-state index < -0.39 is 0 Å². The zero-order chi connectivity index (χ0) is 24.1. The zero-order valence-electron chi connectivity index (χ0n) is 18.9. The molecule has 0 aliphatic rings. The Labute approximate surface area is 204 Å². The lowest BCUT2D eigenvalue weighted by Crippen LogP contribution is -2.29. The van der Waals surface area contributed by atoms with Crippen molar-refractivity contribution in [3.63, 3.8) is 0 Å². The van der Waals surface area contributed by atoms with Crippen molar-refractivity contribution in [2.45, 2.75) is 24.5 Å². The topological polar surface area (TPSA) is 111 Å². The van der Waals surface area contributed by atoms with Gasteiger partial charge in [-0.3, -0.25) is 9.59 Å². The summed E-state index contributed by atoms with van der Waals surface area (Å²) in [6.07, 6.45) is 0.250. The average Bonchev–Trinajstić information content (AvgIpc) is 3.40. The SMILES string of the molecule is COc1ccc(CC(=O)N[C@H](C)c2nnc(SCC(=O)Nc3nc4ccccc4s3)n2C)cc1. The Morgan fingerprint density at radius 2 is 1.88 bits per heavy atom. The molecule has 2 amide bonds. The molecule has 0 saturated carbocycles. The molecule has 0 spiro atoms. The Bertz CT molecular complexity index is 1270. The van der Waals surface area contributed by atoms with E-state index in [1.807, 2.05) is 62.5 Å². The Hall–Kier alpha value is -3.44. The largest absolute Gasteiger partial charge is 0.497 e. The molecule has 1 atom stereocenters. The summed E-state index contributed by atoms with van der Waals surface area (Å²) in [5.74, 6) is 1.23. The number of anilines is 1. The normalized spacial score (nSPS) is 11.9. The number of nitrogens with zero attached hydrogens (tertiary/aromatic N) is 4. The lowest BCUT2D eigenvalue weighted by atomic mass is 10.1. The molecule has 9 nitrogen and oxygen atoms in total. The van der Waals surface area contributed by atoms with Crippen molar-refractivity contribution >= 4 is 50.3 Å². The van der Waals surface area contributed by atoms with Gasteiger partial charge in [0.1, 0.15) is 5.75 Å². The fourth-order valence-corrected chi connectivity index (χ4v) is 4.93. The molecule has 0 fully saturated rings. The van der Waals surface area contributed by atoms with Gasteiger partial charge in [-0.05, 0) is 36.8 Å². The van der Waals surface area contributed by atoms with Gasteiger partial charge in [0.05, 0.1) is 35.5 Å². The molecule has 2 N–H and O–H groups in total. The summed E-state index contributed by atoms with van der Waals surface area (Å²) in [7, 11) is 3.42. The number of fused-ring (bicyclic) bond motifs is 1. The first-order chi connectivity index (χ1) is 16.4. The first kappa shape index (κ1) is 23.7. The highest BCUT2D eigenvalue weighted by molar-refractivity contribution is 7.99. The Kier molecular flexibility index (Phi) is 7.43. The summed E-state index contributed by atoms with van der Waals surface area (Å²) in [5, 5.41) is 15.3. The van der Waals surface area contributed by atoms with E-state index in [1.165, 1.54) is 23.1 Å². The van der Waals surface area contributed by atoms with Crippen LogP contribution in [0, 0.1) is 0 Å². The van der Waals surface area contributed by atoms with Crippen LogP contribution in [0.15, 0.2) is 53.7 Å². The summed E-state index contributed by atoms with van der Waals surface area (Å²) < 4.78 is 7.95. The number of rotatable bonds is 9. The number of amides is 2. The number of benzene rings is 2. The van der Waals surface area contributed by atoms with Gasteiger partial charge in [0.2, 0.25) is 11.8 Å². The van der Waals surface area contributed by atoms with Crippen LogP contribution in [0.1, 0.15) is 24.4 Å². The third-order valence-electron chi connectivity index (χ3n) is 5.03. The van der Waals surface area contributed by atoms with Crippen LogP contribution >= 0.6 is 23.1 Å². The maximum atomic E-state index is 12.5. The zero-order valence-corrected chi connectivity index (χ0v) is 20.6. The number of aromatic nitrogens is 4. The fourth-order valence-electron chi connectivity index (χ4n) is 3.33. The first-order valence-corrected chi connectivity index (χ1v) is 12.3. The van der Waals surface area contributed by atoms with E-state index in [2.05, 4.69) is 25.8 Å². The average molecular weight is 497 g/mol. The Morgan fingerprint density at radius 3 is 2.62 bits per heavy atom. The molecule has 2 heterocycles. The van der Waals surface area contributed by atoms with Crippen molar-refractivity contribution in [3.8, 4) is 5.75 Å². The first-order valence-electron chi connectivity index (χ1n) is 10.5. The third kappa shape index (κ3) is 5.72. The predicted molar refractivity (Wildman–Crippen MR) is 133 cm³/mol. The van der Waals surface area contributed by atoms with Crippen molar-refractivity contribution < 1.29 is 14.3 Å². The quantitative estimate of drug-likeness (QED) is 0.341. The number of thioether (sulfide) groups is 1. The van der Waals surface area contributed by atoms with Crippen molar-refractivity contribution in [1.82, 2.24) is 25.1 Å². The minimum absolute atomic E-state index is 0.120. The molecule has 0 bridgehead atoms. The minimum Gasteiger partial charge on any atom is -0.497 e. The second-order valence-corrected chi connectivity index (χ2v) is 9.51. The van der Waals surface area contributed by atoms with E-state index in [1.54, 1.807) is 11.7 Å². The molecule has 11 heteroatoms. The third-order valence-corrected chi connectivity index (χ3v) is 7.00. The second kappa shape index (κ2) is 10.7. The number of carbonyl (C=O) groups is 2. The molecular weight excluding hydrogens is 472 g/mol. The molecule has 176 valence electrons. The van der Waals surface area contributed by atoms with Crippen LogP contribution in [0.2, 0.25) is 0 Å². The summed E-state index contributed by atoms with van der Waals surface area (Å²) in [5.41, 5.74) is 1.75. The summed E-state index contributed by atoms with van der Waals surface area (Å²) in [6, 6.07) is 14.8. The lowest BCUT2D eigenvalue weighted by Gasteiger charge is -2.13. The minimum atomic E-state index is -0.339. The number of nitrogens with one attached hydrogen (secondary N) is 2. The number of ether oxygens (including phenoxy) is 1. The second-order valence-electron chi connectivity index (χ2n) is 7.54. The highest BCUT2D eigenvalue weighted by Crippen LogP contribution is 2.26. The molecule has 34 heavy (non-hydrogen) atoms. The number of para-hydroxylation sites is 1. The summed E-state index contributed by atoms with van der Waals surface area (Å²) in [6.45, 7) is 1.85. The van der Waals surface area contributed by atoms with Crippen LogP contribution in [-0.2, 0) is 23.1 Å². The highest BCUT2D eigenvalue weighted by atomic mass is 32.2. The number of thiazole rings is 1. The van der Waals surface area contributed by atoms with Gasteiger partial charge in [0.25, 0.3) is 0 Å². The Balaban J connectivity index is 1.29. The van der Waals surface area contributed by atoms with E-state index >= 15 is 0 Å².